The first kappa shape index (κ1) is 14.7. The summed E-state index contributed by atoms with van der Waals surface area (Å²) in [7, 11) is 0. The summed E-state index contributed by atoms with van der Waals surface area (Å²) < 4.78 is 1.66. The van der Waals surface area contributed by atoms with Crippen molar-refractivity contribution in [1.82, 2.24) is 9.55 Å². The minimum atomic E-state index is -0.285. The van der Waals surface area contributed by atoms with Gasteiger partial charge in [-0.1, -0.05) is 40.0 Å². The number of aromatic nitrogens is 2. The molecule has 18 heavy (non-hydrogen) atoms. The Bertz CT molecular complexity index is 473. The van der Waals surface area contributed by atoms with Crippen molar-refractivity contribution in [2.24, 2.45) is 5.92 Å². The van der Waals surface area contributed by atoms with Crippen LogP contribution in [0.5, 0.6) is 0 Å². The number of nitrogens with zero attached hydrogens (tertiary/aromatic N) is 1. The van der Waals surface area contributed by atoms with E-state index >= 15 is 0 Å². The molecule has 0 saturated carbocycles. The van der Waals surface area contributed by atoms with Gasteiger partial charge >= 0.3 is 5.69 Å². The number of unbranched alkanes of at least 4 members (excludes halogenated alkanes) is 1. The molecule has 0 saturated heterocycles. The molecule has 0 bridgehead atoms. The van der Waals surface area contributed by atoms with Gasteiger partial charge in [0.05, 0.1) is 0 Å². The number of rotatable bonds is 7. The van der Waals surface area contributed by atoms with Gasteiger partial charge in [0.1, 0.15) is 0 Å². The molecule has 0 aliphatic carbocycles. The predicted molar refractivity (Wildman–Crippen MR) is 74.0 cm³/mol. The Morgan fingerprint density at radius 2 is 2.00 bits per heavy atom. The molecule has 0 radical (unpaired) electrons. The number of hydrogen-bond acceptors (Lipinski definition) is 2. The van der Waals surface area contributed by atoms with Crippen LogP contribution >= 0.6 is 0 Å². The van der Waals surface area contributed by atoms with Crippen molar-refractivity contribution in [3.63, 3.8) is 0 Å². The van der Waals surface area contributed by atoms with Crippen LogP contribution in [0, 0.1) is 5.92 Å². The quantitative estimate of drug-likeness (QED) is 0.809. The number of aromatic amines is 1. The van der Waals surface area contributed by atoms with Crippen LogP contribution in [0.4, 0.5) is 0 Å². The van der Waals surface area contributed by atoms with E-state index in [1.807, 2.05) is 6.92 Å². The van der Waals surface area contributed by atoms with E-state index in [1.54, 1.807) is 10.8 Å². The summed E-state index contributed by atoms with van der Waals surface area (Å²) >= 11 is 0. The van der Waals surface area contributed by atoms with Crippen LogP contribution in [0.1, 0.15) is 52.0 Å². The Morgan fingerprint density at radius 3 is 2.56 bits per heavy atom. The summed E-state index contributed by atoms with van der Waals surface area (Å²) in [6.45, 7) is 6.96. The van der Waals surface area contributed by atoms with E-state index in [9.17, 15) is 9.59 Å². The third-order valence-electron chi connectivity index (χ3n) is 3.46. The van der Waals surface area contributed by atoms with E-state index < -0.39 is 0 Å². The van der Waals surface area contributed by atoms with E-state index in [1.165, 1.54) is 12.8 Å². The van der Waals surface area contributed by atoms with Crippen molar-refractivity contribution in [3.05, 3.63) is 32.6 Å². The van der Waals surface area contributed by atoms with Crippen molar-refractivity contribution in [1.29, 1.82) is 0 Å². The molecular weight excluding hydrogens is 228 g/mol. The maximum atomic E-state index is 11.7. The third kappa shape index (κ3) is 3.86. The minimum Gasteiger partial charge on any atom is -0.300 e. The van der Waals surface area contributed by atoms with Crippen LogP contribution < -0.4 is 11.2 Å². The van der Waals surface area contributed by atoms with Gasteiger partial charge in [0, 0.05) is 18.3 Å². The summed E-state index contributed by atoms with van der Waals surface area (Å²) in [4.78, 5) is 25.6. The lowest BCUT2D eigenvalue weighted by Crippen LogP contribution is -2.33. The Labute approximate surface area is 108 Å². The van der Waals surface area contributed by atoms with Gasteiger partial charge in [0.25, 0.3) is 5.56 Å². The van der Waals surface area contributed by atoms with Crippen LogP contribution in [0.2, 0.25) is 0 Å². The molecule has 102 valence electrons. The van der Waals surface area contributed by atoms with Crippen molar-refractivity contribution in [2.45, 2.75) is 59.4 Å². The molecule has 4 nitrogen and oxygen atoms in total. The van der Waals surface area contributed by atoms with E-state index in [2.05, 4.69) is 18.8 Å². The highest BCUT2D eigenvalue weighted by molar-refractivity contribution is 5.03. The SMILES string of the molecule is CCCCC(CC)Cn1cc(CC)c(=O)[nH]c1=O. The van der Waals surface area contributed by atoms with Crippen molar-refractivity contribution >= 4 is 0 Å². The van der Waals surface area contributed by atoms with Crippen LogP contribution in [-0.4, -0.2) is 9.55 Å². The second-order valence-corrected chi connectivity index (χ2v) is 4.84. The Kier molecular flexibility index (Phi) is 5.89. The number of nitrogens with one attached hydrogen (secondary N) is 1. The molecule has 1 heterocycles. The van der Waals surface area contributed by atoms with Crippen LogP contribution in [0.25, 0.3) is 0 Å². The second-order valence-electron chi connectivity index (χ2n) is 4.84. The van der Waals surface area contributed by atoms with Gasteiger partial charge in [-0.05, 0) is 18.8 Å². The van der Waals surface area contributed by atoms with Gasteiger partial charge in [-0.25, -0.2) is 4.79 Å². The maximum absolute atomic E-state index is 11.7. The van der Waals surface area contributed by atoms with Crippen LogP contribution in [0.3, 0.4) is 0 Å². The fraction of sp³-hybridized carbons (Fsp3) is 0.714. The molecule has 0 aromatic carbocycles. The zero-order chi connectivity index (χ0) is 13.5. The van der Waals surface area contributed by atoms with Gasteiger partial charge in [0.2, 0.25) is 0 Å². The summed E-state index contributed by atoms with van der Waals surface area (Å²) in [5, 5.41) is 0. The average Bonchev–Trinajstić information content (AvgIpc) is 2.36. The molecule has 1 aromatic rings. The summed E-state index contributed by atoms with van der Waals surface area (Å²) in [6.07, 6.45) is 6.94. The normalized spacial score (nSPS) is 12.6. The number of aryl methyl sites for hydroxylation is 1. The molecule has 1 aromatic heterocycles. The fourth-order valence-corrected chi connectivity index (χ4v) is 2.14. The van der Waals surface area contributed by atoms with E-state index in [-0.39, 0.29) is 11.2 Å². The zero-order valence-corrected chi connectivity index (χ0v) is 11.7. The largest absolute Gasteiger partial charge is 0.328 e. The summed E-state index contributed by atoms with van der Waals surface area (Å²) in [5.41, 5.74) is 0.146. The highest BCUT2D eigenvalue weighted by Gasteiger charge is 2.09. The van der Waals surface area contributed by atoms with Crippen LogP contribution in [-0.2, 0) is 13.0 Å². The molecule has 0 aliphatic rings. The van der Waals surface area contributed by atoms with E-state index in [0.29, 0.717) is 24.4 Å². The minimum absolute atomic E-state index is 0.250. The topological polar surface area (TPSA) is 54.9 Å². The summed E-state index contributed by atoms with van der Waals surface area (Å²) in [6, 6.07) is 0. The number of H-pyrrole nitrogens is 1. The predicted octanol–water partition coefficient (Wildman–Crippen LogP) is 2.32. The first-order valence-electron chi connectivity index (χ1n) is 6.94. The third-order valence-corrected chi connectivity index (χ3v) is 3.46. The highest BCUT2D eigenvalue weighted by Crippen LogP contribution is 2.14. The Balaban J connectivity index is 2.88. The molecule has 1 unspecified atom stereocenters. The molecular formula is C14H24N2O2. The highest BCUT2D eigenvalue weighted by atomic mass is 16.2. The summed E-state index contributed by atoms with van der Waals surface area (Å²) in [5.74, 6) is 0.512. The molecule has 1 rings (SSSR count). The van der Waals surface area contributed by atoms with Gasteiger partial charge in [-0.3, -0.25) is 9.78 Å². The molecule has 0 fully saturated rings. The van der Waals surface area contributed by atoms with Gasteiger partial charge < -0.3 is 4.57 Å². The van der Waals surface area contributed by atoms with Crippen molar-refractivity contribution in [3.8, 4) is 0 Å². The Morgan fingerprint density at radius 1 is 1.28 bits per heavy atom. The fourth-order valence-electron chi connectivity index (χ4n) is 2.14. The smallest absolute Gasteiger partial charge is 0.300 e. The lowest BCUT2D eigenvalue weighted by atomic mass is 9.99. The van der Waals surface area contributed by atoms with Crippen LogP contribution in [0.15, 0.2) is 15.8 Å². The molecule has 0 aliphatic heterocycles. The first-order valence-corrected chi connectivity index (χ1v) is 6.94. The molecule has 0 amide bonds. The van der Waals surface area contributed by atoms with E-state index in [0.717, 1.165) is 12.8 Å². The standard InChI is InChI=1S/C14H24N2O2/c1-4-7-8-11(5-2)9-16-10-12(6-3)13(17)15-14(16)18/h10-11H,4-9H2,1-3H3,(H,15,17,18). The molecule has 4 heteroatoms. The molecule has 0 spiro atoms. The first-order chi connectivity index (χ1) is 8.62. The molecule has 1 N–H and O–H groups in total. The monoisotopic (exact) mass is 252 g/mol. The Hall–Kier alpha value is -1.32. The zero-order valence-electron chi connectivity index (χ0n) is 11.7. The average molecular weight is 252 g/mol. The van der Waals surface area contributed by atoms with Gasteiger partial charge in [0.15, 0.2) is 0 Å². The lowest BCUT2D eigenvalue weighted by molar-refractivity contribution is 0.381. The van der Waals surface area contributed by atoms with E-state index in [4.69, 9.17) is 0 Å². The van der Waals surface area contributed by atoms with Crippen molar-refractivity contribution < 1.29 is 0 Å². The lowest BCUT2D eigenvalue weighted by Gasteiger charge is -2.16. The van der Waals surface area contributed by atoms with Crippen molar-refractivity contribution in [2.75, 3.05) is 0 Å². The second kappa shape index (κ2) is 7.19. The maximum Gasteiger partial charge on any atom is 0.328 e. The number of hydrogen-bond donors (Lipinski definition) is 1. The molecule has 1 atom stereocenters. The van der Waals surface area contributed by atoms with Gasteiger partial charge in [-0.15, -0.1) is 0 Å². The van der Waals surface area contributed by atoms with Gasteiger partial charge in [-0.2, -0.15) is 0 Å².